The van der Waals surface area contributed by atoms with E-state index in [2.05, 4.69) is 238 Å². The van der Waals surface area contributed by atoms with Gasteiger partial charge in [-0.05, 0) is 100 Å². The molecular weight excluding hydrogens is 726 g/mol. The fourth-order valence-corrected chi connectivity index (χ4v) is 10.9. The van der Waals surface area contributed by atoms with Crippen molar-refractivity contribution < 1.29 is 4.57 Å². The third-order valence-electron chi connectivity index (χ3n) is 13.2. The number of hydrogen-bond donors (Lipinski definition) is 0. The lowest BCUT2D eigenvalue weighted by molar-refractivity contribution is -0.704. The van der Waals surface area contributed by atoms with Crippen LogP contribution in [-0.4, -0.2) is 13.4 Å². The van der Waals surface area contributed by atoms with Crippen LogP contribution >= 0.6 is 0 Å². The van der Waals surface area contributed by atoms with Gasteiger partial charge in [-0.25, -0.2) is 0 Å². The van der Waals surface area contributed by atoms with Crippen molar-refractivity contribution in [3.63, 3.8) is 0 Å². The van der Waals surface area contributed by atoms with E-state index in [0.717, 1.165) is 17.1 Å². The number of aromatic nitrogens is 1. The van der Waals surface area contributed by atoms with E-state index in [-0.39, 0.29) is 19.5 Å². The van der Waals surface area contributed by atoms with Gasteiger partial charge in [-0.3, -0.25) is 0 Å². The number of nitrogens with zero attached hydrogens (tertiary/aromatic N) is 4. The van der Waals surface area contributed by atoms with Crippen molar-refractivity contribution in [2.45, 2.75) is 6.04 Å². The molecule has 0 saturated carbocycles. The number of fused-ring (bicyclic) bond motifs is 8. The molecule has 0 radical (unpaired) electrons. The summed E-state index contributed by atoms with van der Waals surface area (Å²) in [5, 5.41) is 0. The summed E-state index contributed by atoms with van der Waals surface area (Å²) in [6.45, 7) is 0.0428. The standard InChI is InChI=1S/C54H37B2N4/c1-5-19-37(20-6-1)58-46-29-14-13-28-43(46)56-45-36-50-44(35-51(45)60(39-23-9-3-10-24-39)49-32-18-31-48(58)53(49)56)55-42-27-12-11-25-40(42)54(57-33-15-4-16-34-57)41-26-17-30-47(52(41)55)59(50)38-21-7-2-8-22-38/h1-36,54H/q+1. The van der Waals surface area contributed by atoms with Gasteiger partial charge in [0.1, 0.15) is 0 Å². The summed E-state index contributed by atoms with van der Waals surface area (Å²) in [5.41, 5.74) is 21.5. The molecule has 0 spiro atoms. The molecule has 13 rings (SSSR count). The van der Waals surface area contributed by atoms with E-state index >= 15 is 0 Å². The van der Waals surface area contributed by atoms with Gasteiger partial charge in [0.05, 0.1) is 0 Å². The maximum Gasteiger partial charge on any atom is 0.252 e. The summed E-state index contributed by atoms with van der Waals surface area (Å²) in [6, 6.07) is 76.4. The maximum absolute atomic E-state index is 2.56. The van der Waals surface area contributed by atoms with Crippen LogP contribution in [0.4, 0.5) is 51.2 Å². The minimum absolute atomic E-state index is 0.00971. The van der Waals surface area contributed by atoms with Gasteiger partial charge < -0.3 is 14.7 Å². The zero-order valence-electron chi connectivity index (χ0n) is 32.8. The van der Waals surface area contributed by atoms with Crippen molar-refractivity contribution in [2.24, 2.45) is 0 Å². The zero-order chi connectivity index (χ0) is 39.3. The second-order valence-corrected chi connectivity index (χ2v) is 16.3. The normalized spacial score (nSPS) is 15.0. The molecule has 0 saturated heterocycles. The van der Waals surface area contributed by atoms with Crippen LogP contribution in [-0.2, 0) is 0 Å². The average molecular weight is 764 g/mol. The first-order chi connectivity index (χ1) is 29.8. The molecule has 5 heterocycles. The molecule has 4 nitrogen and oxygen atoms in total. The van der Waals surface area contributed by atoms with Crippen LogP contribution < -0.4 is 52.0 Å². The monoisotopic (exact) mass is 763 g/mol. The SMILES string of the molecule is c1ccc(N2c3cc4c(cc3B3c5ccccc5C([n+]5ccccc5)c5cccc2c53)N(c2ccccc2)c2cccc3c2B4c2ccccc2N3c2ccccc2)cc1. The number of para-hydroxylation sites is 4. The van der Waals surface area contributed by atoms with Crippen LogP contribution in [0.15, 0.2) is 219 Å². The Bertz CT molecular complexity index is 2930. The predicted octanol–water partition coefficient (Wildman–Crippen LogP) is 8.31. The fourth-order valence-electron chi connectivity index (χ4n) is 10.9. The number of hydrogen-bond acceptors (Lipinski definition) is 3. The Morgan fingerprint density at radius 2 is 0.733 bits per heavy atom. The van der Waals surface area contributed by atoms with E-state index in [4.69, 9.17) is 0 Å². The van der Waals surface area contributed by atoms with Gasteiger partial charge in [-0.1, -0.05) is 127 Å². The molecular formula is C54H37B2N4+. The van der Waals surface area contributed by atoms with E-state index < -0.39 is 0 Å². The number of benzene rings is 8. The van der Waals surface area contributed by atoms with Crippen molar-refractivity contribution in [3.05, 3.63) is 230 Å². The molecule has 9 aromatic rings. The zero-order valence-corrected chi connectivity index (χ0v) is 32.8. The molecule has 1 atom stereocenters. The lowest BCUT2D eigenvalue weighted by Gasteiger charge is -2.46. The Morgan fingerprint density at radius 3 is 1.33 bits per heavy atom. The van der Waals surface area contributed by atoms with Gasteiger partial charge >= 0.3 is 0 Å². The van der Waals surface area contributed by atoms with Crippen LogP contribution in [0.1, 0.15) is 17.2 Å². The molecule has 8 aromatic carbocycles. The van der Waals surface area contributed by atoms with Crippen LogP contribution in [0.2, 0.25) is 0 Å². The Kier molecular flexibility index (Phi) is 7.22. The Hall–Kier alpha value is -7.56. The third kappa shape index (κ3) is 4.67. The highest BCUT2D eigenvalue weighted by Crippen LogP contribution is 2.46. The van der Waals surface area contributed by atoms with Gasteiger partial charge in [-0.2, -0.15) is 4.57 Å². The van der Waals surface area contributed by atoms with Gasteiger partial charge in [0.2, 0.25) is 12.8 Å². The predicted molar refractivity (Wildman–Crippen MR) is 250 cm³/mol. The summed E-state index contributed by atoms with van der Waals surface area (Å²) in [6.07, 6.45) is 4.43. The van der Waals surface area contributed by atoms with E-state index in [1.165, 1.54) is 78.0 Å². The molecule has 4 aliphatic heterocycles. The van der Waals surface area contributed by atoms with E-state index in [1.807, 2.05) is 0 Å². The summed E-state index contributed by atoms with van der Waals surface area (Å²) < 4.78 is 2.38. The first-order valence-electron chi connectivity index (χ1n) is 21.0. The topological polar surface area (TPSA) is 13.6 Å². The minimum atomic E-state index is 0.00971. The van der Waals surface area contributed by atoms with Crippen LogP contribution in [0, 0.1) is 0 Å². The fraction of sp³-hybridized carbons (Fsp3) is 0.0185. The van der Waals surface area contributed by atoms with Crippen LogP contribution in [0.3, 0.4) is 0 Å². The number of rotatable bonds is 4. The molecule has 0 fully saturated rings. The smallest absolute Gasteiger partial charge is 0.252 e. The summed E-state index contributed by atoms with van der Waals surface area (Å²) in [7, 11) is 0. The second kappa shape index (κ2) is 13.0. The molecule has 278 valence electrons. The van der Waals surface area contributed by atoms with Gasteiger partial charge in [0, 0.05) is 74.4 Å². The average Bonchev–Trinajstić information content (AvgIpc) is 3.32. The maximum atomic E-state index is 2.56. The molecule has 0 amide bonds. The Labute approximate surface area is 351 Å². The van der Waals surface area contributed by atoms with Crippen molar-refractivity contribution >= 4 is 97.4 Å². The molecule has 4 aliphatic rings. The molecule has 1 aromatic heterocycles. The summed E-state index contributed by atoms with van der Waals surface area (Å²) in [4.78, 5) is 7.55. The molecule has 1 unspecified atom stereocenters. The number of anilines is 9. The van der Waals surface area contributed by atoms with Crippen molar-refractivity contribution in [2.75, 3.05) is 14.7 Å². The largest absolute Gasteiger partial charge is 0.312 e. The van der Waals surface area contributed by atoms with Crippen molar-refractivity contribution in [1.29, 1.82) is 0 Å². The van der Waals surface area contributed by atoms with Crippen LogP contribution in [0.25, 0.3) is 0 Å². The highest BCUT2D eigenvalue weighted by atomic mass is 15.2. The van der Waals surface area contributed by atoms with E-state index in [9.17, 15) is 0 Å². The van der Waals surface area contributed by atoms with E-state index in [1.54, 1.807) is 0 Å². The number of pyridine rings is 1. The lowest BCUT2D eigenvalue weighted by atomic mass is 9.30. The summed E-state index contributed by atoms with van der Waals surface area (Å²) >= 11 is 0. The highest BCUT2D eigenvalue weighted by Gasteiger charge is 2.49. The third-order valence-corrected chi connectivity index (χ3v) is 13.2. The van der Waals surface area contributed by atoms with Crippen LogP contribution in [0.5, 0.6) is 0 Å². The highest BCUT2D eigenvalue weighted by molar-refractivity contribution is 7.02. The first-order valence-corrected chi connectivity index (χ1v) is 21.0. The molecule has 6 heteroatoms. The van der Waals surface area contributed by atoms with Gasteiger partial charge in [0.25, 0.3) is 6.71 Å². The molecule has 0 bridgehead atoms. The summed E-state index contributed by atoms with van der Waals surface area (Å²) in [5.74, 6) is 0. The van der Waals surface area contributed by atoms with Crippen molar-refractivity contribution in [1.82, 2.24) is 0 Å². The lowest BCUT2D eigenvalue weighted by Crippen LogP contribution is -2.66. The van der Waals surface area contributed by atoms with Gasteiger partial charge in [0.15, 0.2) is 12.4 Å². The quantitative estimate of drug-likeness (QED) is 0.132. The van der Waals surface area contributed by atoms with Crippen molar-refractivity contribution in [3.8, 4) is 0 Å². The Morgan fingerprint density at radius 1 is 0.317 bits per heavy atom. The van der Waals surface area contributed by atoms with Gasteiger partial charge in [-0.15, -0.1) is 0 Å². The molecule has 0 aliphatic carbocycles. The molecule has 0 N–H and O–H groups in total. The molecule has 60 heavy (non-hydrogen) atoms. The Balaban J connectivity index is 1.14. The van der Waals surface area contributed by atoms with E-state index in [0.29, 0.717) is 0 Å². The minimum Gasteiger partial charge on any atom is -0.312 e. The first kappa shape index (κ1) is 33.4. The second-order valence-electron chi connectivity index (χ2n) is 16.3.